The highest BCUT2D eigenvalue weighted by Crippen LogP contribution is 2.05. The minimum Gasteiger partial charge on any atom is -0.307 e. The molecule has 0 saturated carbocycles. The van der Waals surface area contributed by atoms with Crippen LogP contribution in [0.5, 0.6) is 0 Å². The molecule has 0 aliphatic rings. The number of aromatic nitrogens is 2. The summed E-state index contributed by atoms with van der Waals surface area (Å²) in [4.78, 5) is 0. The number of hydrogen-bond donors (Lipinski definition) is 1. The number of hydrogen-bond acceptors (Lipinski definition) is 2. The van der Waals surface area contributed by atoms with E-state index in [9.17, 15) is 0 Å². The Morgan fingerprint density at radius 3 is 2.47 bits per heavy atom. The molecular weight excluding hydrogens is 234 g/mol. The maximum Gasteiger partial charge on any atom is 0.0547 e. The molecule has 2 aromatic rings. The molecule has 1 aromatic heterocycles. The molecule has 0 amide bonds. The van der Waals surface area contributed by atoms with Gasteiger partial charge in [-0.2, -0.15) is 5.10 Å². The van der Waals surface area contributed by atoms with E-state index in [1.165, 1.54) is 16.8 Å². The normalized spacial score (nSPS) is 10.0. The molecule has 2 rings (SSSR count). The average molecular weight is 252 g/mol. The Labute approximate surface area is 108 Å². The van der Waals surface area contributed by atoms with E-state index in [0.29, 0.717) is 0 Å². The highest BCUT2D eigenvalue weighted by molar-refractivity contribution is 5.85. The van der Waals surface area contributed by atoms with Crippen LogP contribution in [0, 0.1) is 6.92 Å². The van der Waals surface area contributed by atoms with E-state index in [1.807, 2.05) is 24.0 Å². The van der Waals surface area contributed by atoms with Gasteiger partial charge in [0.1, 0.15) is 0 Å². The van der Waals surface area contributed by atoms with Gasteiger partial charge < -0.3 is 5.32 Å². The smallest absolute Gasteiger partial charge is 0.0547 e. The monoisotopic (exact) mass is 251 g/mol. The topological polar surface area (TPSA) is 29.9 Å². The second-order valence-corrected chi connectivity index (χ2v) is 3.99. The van der Waals surface area contributed by atoms with Crippen LogP contribution in [0.4, 0.5) is 0 Å². The van der Waals surface area contributed by atoms with Crippen molar-refractivity contribution in [1.29, 1.82) is 0 Å². The molecule has 92 valence electrons. The van der Waals surface area contributed by atoms with Crippen LogP contribution in [0.3, 0.4) is 0 Å². The van der Waals surface area contributed by atoms with E-state index in [0.717, 1.165) is 13.1 Å². The molecule has 0 unspecified atom stereocenters. The van der Waals surface area contributed by atoms with Gasteiger partial charge in [-0.1, -0.05) is 30.3 Å². The molecule has 0 fully saturated rings. The van der Waals surface area contributed by atoms with Gasteiger partial charge in [0.05, 0.1) is 11.9 Å². The van der Waals surface area contributed by atoms with Crippen molar-refractivity contribution >= 4 is 12.4 Å². The lowest BCUT2D eigenvalue weighted by molar-refractivity contribution is 0.624. The zero-order valence-corrected chi connectivity index (χ0v) is 11.0. The fourth-order valence-electron chi connectivity index (χ4n) is 1.75. The van der Waals surface area contributed by atoms with Crippen LogP contribution in [0.25, 0.3) is 0 Å². The number of nitrogens with zero attached hydrogens (tertiary/aromatic N) is 2. The van der Waals surface area contributed by atoms with Crippen LogP contribution < -0.4 is 5.32 Å². The minimum atomic E-state index is 0. The fourth-order valence-corrected chi connectivity index (χ4v) is 1.75. The van der Waals surface area contributed by atoms with Crippen LogP contribution in [0.2, 0.25) is 0 Å². The summed E-state index contributed by atoms with van der Waals surface area (Å²) >= 11 is 0. The van der Waals surface area contributed by atoms with Gasteiger partial charge >= 0.3 is 0 Å². The van der Waals surface area contributed by atoms with Gasteiger partial charge in [-0.25, -0.2) is 0 Å². The molecule has 0 spiro atoms. The second-order valence-electron chi connectivity index (χ2n) is 3.99. The van der Waals surface area contributed by atoms with E-state index in [1.54, 1.807) is 0 Å². The van der Waals surface area contributed by atoms with Crippen molar-refractivity contribution in [2.24, 2.45) is 7.05 Å². The van der Waals surface area contributed by atoms with E-state index >= 15 is 0 Å². The minimum absolute atomic E-state index is 0. The molecule has 0 atom stereocenters. The molecule has 3 nitrogen and oxygen atoms in total. The summed E-state index contributed by atoms with van der Waals surface area (Å²) in [6.45, 7) is 3.84. The largest absolute Gasteiger partial charge is 0.307 e. The Kier molecular flexibility index (Phi) is 5.19. The third-order valence-corrected chi connectivity index (χ3v) is 2.73. The predicted molar refractivity (Wildman–Crippen MR) is 72.2 cm³/mol. The first-order valence-electron chi connectivity index (χ1n) is 5.49. The van der Waals surface area contributed by atoms with Crippen molar-refractivity contribution < 1.29 is 0 Å². The zero-order valence-electron chi connectivity index (χ0n) is 10.2. The summed E-state index contributed by atoms with van der Waals surface area (Å²) < 4.78 is 1.92. The highest BCUT2D eigenvalue weighted by atomic mass is 35.5. The molecule has 17 heavy (non-hydrogen) atoms. The summed E-state index contributed by atoms with van der Waals surface area (Å²) in [6.07, 6.45) is 1.90. The molecule has 4 heteroatoms. The number of rotatable bonds is 4. The van der Waals surface area contributed by atoms with Gasteiger partial charge in [-0.15, -0.1) is 12.4 Å². The van der Waals surface area contributed by atoms with Crippen molar-refractivity contribution in [2.45, 2.75) is 20.0 Å². The summed E-state index contributed by atoms with van der Waals surface area (Å²) in [5.41, 5.74) is 3.79. The van der Waals surface area contributed by atoms with Crippen molar-refractivity contribution in [3.05, 3.63) is 53.3 Å². The summed E-state index contributed by atoms with van der Waals surface area (Å²) in [7, 11) is 1.98. The van der Waals surface area contributed by atoms with E-state index in [4.69, 9.17) is 0 Å². The zero-order chi connectivity index (χ0) is 11.4. The lowest BCUT2D eigenvalue weighted by Gasteiger charge is -2.06. The predicted octanol–water partition coefficient (Wildman–Crippen LogP) is 2.44. The standard InChI is InChI=1S/C13H17N3.ClH/c1-11-8-15-16(2)13(11)10-14-9-12-6-4-3-5-7-12;/h3-8,14H,9-10H2,1-2H3;1H. The first kappa shape index (κ1) is 13.7. The average Bonchev–Trinajstić information content (AvgIpc) is 2.62. The van der Waals surface area contributed by atoms with Gasteiger partial charge in [0.2, 0.25) is 0 Å². The Morgan fingerprint density at radius 2 is 1.88 bits per heavy atom. The van der Waals surface area contributed by atoms with Gasteiger partial charge in [0, 0.05) is 20.1 Å². The van der Waals surface area contributed by atoms with Crippen LogP contribution in [-0.4, -0.2) is 9.78 Å². The first-order valence-corrected chi connectivity index (χ1v) is 5.49. The Bertz CT molecular complexity index is 431. The molecule has 1 heterocycles. The SMILES string of the molecule is Cc1cnn(C)c1CNCc1ccccc1.Cl. The summed E-state index contributed by atoms with van der Waals surface area (Å²) in [6, 6.07) is 10.4. The third kappa shape index (κ3) is 3.58. The second kappa shape index (κ2) is 6.42. The maximum atomic E-state index is 4.22. The van der Waals surface area contributed by atoms with Gasteiger partial charge in [0.15, 0.2) is 0 Å². The number of halogens is 1. The van der Waals surface area contributed by atoms with E-state index < -0.39 is 0 Å². The van der Waals surface area contributed by atoms with Gasteiger partial charge in [-0.3, -0.25) is 4.68 Å². The Balaban J connectivity index is 0.00000144. The van der Waals surface area contributed by atoms with Crippen LogP contribution in [0.1, 0.15) is 16.8 Å². The molecule has 0 aliphatic carbocycles. The number of benzene rings is 1. The molecule has 0 aliphatic heterocycles. The number of nitrogens with one attached hydrogen (secondary N) is 1. The van der Waals surface area contributed by atoms with Crippen LogP contribution in [-0.2, 0) is 20.1 Å². The van der Waals surface area contributed by atoms with E-state index in [-0.39, 0.29) is 12.4 Å². The lowest BCUT2D eigenvalue weighted by atomic mass is 10.2. The first-order chi connectivity index (χ1) is 7.77. The maximum absolute atomic E-state index is 4.22. The summed E-state index contributed by atoms with van der Waals surface area (Å²) in [5.74, 6) is 0. The van der Waals surface area contributed by atoms with Crippen LogP contribution >= 0.6 is 12.4 Å². The van der Waals surface area contributed by atoms with Crippen molar-refractivity contribution in [1.82, 2.24) is 15.1 Å². The van der Waals surface area contributed by atoms with Gasteiger partial charge in [-0.05, 0) is 18.1 Å². The Hall–Kier alpha value is -1.32. The molecule has 1 aromatic carbocycles. The quantitative estimate of drug-likeness (QED) is 0.905. The fraction of sp³-hybridized carbons (Fsp3) is 0.308. The number of aryl methyl sites for hydroxylation is 2. The van der Waals surface area contributed by atoms with Crippen molar-refractivity contribution in [3.63, 3.8) is 0 Å². The van der Waals surface area contributed by atoms with Gasteiger partial charge in [0.25, 0.3) is 0 Å². The van der Waals surface area contributed by atoms with Crippen molar-refractivity contribution in [3.8, 4) is 0 Å². The van der Waals surface area contributed by atoms with E-state index in [2.05, 4.69) is 41.6 Å². The molecule has 1 N–H and O–H groups in total. The Morgan fingerprint density at radius 1 is 1.18 bits per heavy atom. The summed E-state index contributed by atoms with van der Waals surface area (Å²) in [5, 5.41) is 7.64. The molecule has 0 bridgehead atoms. The molecule has 0 saturated heterocycles. The van der Waals surface area contributed by atoms with Crippen LogP contribution in [0.15, 0.2) is 36.5 Å². The third-order valence-electron chi connectivity index (χ3n) is 2.73. The highest BCUT2D eigenvalue weighted by Gasteiger charge is 2.03. The lowest BCUT2D eigenvalue weighted by Crippen LogP contribution is -2.15. The molecule has 0 radical (unpaired) electrons. The van der Waals surface area contributed by atoms with Crippen molar-refractivity contribution in [2.75, 3.05) is 0 Å². The molecular formula is C13H18ClN3.